The van der Waals surface area contributed by atoms with Crippen molar-refractivity contribution in [2.45, 2.75) is 11.4 Å². The van der Waals surface area contributed by atoms with E-state index in [0.717, 1.165) is 22.0 Å². The zero-order valence-electron chi connectivity index (χ0n) is 10.7. The number of nitrogens with zero attached hydrogens (tertiary/aromatic N) is 1. The first-order valence-electron chi connectivity index (χ1n) is 5.77. The largest absolute Gasteiger partial charge is 0.477 e. The number of amides is 1. The lowest BCUT2D eigenvalue weighted by atomic mass is 10.4. The highest BCUT2D eigenvalue weighted by Gasteiger charge is 2.13. The lowest BCUT2D eigenvalue weighted by molar-refractivity contribution is -0.127. The quantitative estimate of drug-likeness (QED) is 0.831. The highest BCUT2D eigenvalue weighted by Crippen LogP contribution is 2.25. The summed E-state index contributed by atoms with van der Waals surface area (Å²) in [5.41, 5.74) is 0. The lowest BCUT2D eigenvalue weighted by Gasteiger charge is -2.15. The van der Waals surface area contributed by atoms with Crippen molar-refractivity contribution in [1.82, 2.24) is 4.90 Å². The Morgan fingerprint density at radius 2 is 2.30 bits per heavy atom. The number of carboxylic acid groups (broad SMARTS) is 1. The summed E-state index contributed by atoms with van der Waals surface area (Å²) in [5.74, 6) is 0.0274. The van der Waals surface area contributed by atoms with Crippen LogP contribution in [0.2, 0.25) is 0 Å². The van der Waals surface area contributed by atoms with E-state index in [4.69, 9.17) is 9.52 Å². The molecule has 20 heavy (non-hydrogen) atoms. The third-order valence-corrected chi connectivity index (χ3v) is 4.58. The number of aromatic carboxylic acids is 1. The van der Waals surface area contributed by atoms with Gasteiger partial charge >= 0.3 is 5.97 Å². The Bertz CT molecular complexity index is 591. The first-order chi connectivity index (χ1) is 9.56. The van der Waals surface area contributed by atoms with Crippen molar-refractivity contribution in [3.8, 4) is 0 Å². The van der Waals surface area contributed by atoms with Gasteiger partial charge in [-0.3, -0.25) is 4.79 Å². The second-order valence-corrected chi connectivity index (χ2v) is 6.03. The molecule has 0 aliphatic heterocycles. The molecule has 2 aromatic rings. The average Bonchev–Trinajstić information content (AvgIpc) is 3.06. The molecule has 0 saturated carbocycles. The van der Waals surface area contributed by atoms with Crippen LogP contribution < -0.4 is 0 Å². The molecular weight excluding hydrogens is 298 g/mol. The van der Waals surface area contributed by atoms with Crippen LogP contribution in [0, 0.1) is 0 Å². The highest BCUT2D eigenvalue weighted by atomic mass is 32.2. The van der Waals surface area contributed by atoms with Crippen LogP contribution in [0.5, 0.6) is 0 Å². The molecule has 0 fully saturated rings. The summed E-state index contributed by atoms with van der Waals surface area (Å²) in [5, 5.41) is 10.6. The van der Waals surface area contributed by atoms with Crippen LogP contribution in [0.1, 0.15) is 15.4 Å². The molecule has 2 rings (SSSR count). The summed E-state index contributed by atoms with van der Waals surface area (Å²) in [7, 11) is 1.71. The van der Waals surface area contributed by atoms with Crippen molar-refractivity contribution in [3.63, 3.8) is 0 Å². The number of furan rings is 1. The van der Waals surface area contributed by atoms with Gasteiger partial charge in [-0.25, -0.2) is 4.79 Å². The molecule has 7 heteroatoms. The molecule has 106 valence electrons. The maximum absolute atomic E-state index is 11.9. The van der Waals surface area contributed by atoms with E-state index in [0.29, 0.717) is 6.54 Å². The van der Waals surface area contributed by atoms with E-state index in [1.807, 2.05) is 6.07 Å². The van der Waals surface area contributed by atoms with Gasteiger partial charge in [-0.2, -0.15) is 0 Å². The molecular formula is C13H13NO4S2. The van der Waals surface area contributed by atoms with Crippen molar-refractivity contribution in [3.05, 3.63) is 40.5 Å². The summed E-state index contributed by atoms with van der Waals surface area (Å²) in [6.45, 7) is 0.427. The predicted molar refractivity (Wildman–Crippen MR) is 77.2 cm³/mol. The number of hydrogen-bond donors (Lipinski definition) is 1. The number of carbonyl (C=O) groups excluding carboxylic acids is 1. The average molecular weight is 311 g/mol. The van der Waals surface area contributed by atoms with Gasteiger partial charge in [0.1, 0.15) is 10.6 Å². The summed E-state index contributed by atoms with van der Waals surface area (Å²) in [6.07, 6.45) is 1.57. The standard InChI is InChI=1S/C13H13NO4S2/c1-14(6-9-3-2-4-18-9)12(15)8-19-10-5-11(13(16)17)20-7-10/h2-5,7H,6,8H2,1H3,(H,16,17). The van der Waals surface area contributed by atoms with Crippen LogP contribution in [0.15, 0.2) is 39.2 Å². The van der Waals surface area contributed by atoms with Crippen molar-refractivity contribution in [1.29, 1.82) is 0 Å². The van der Waals surface area contributed by atoms with Crippen molar-refractivity contribution in [2.75, 3.05) is 12.8 Å². The van der Waals surface area contributed by atoms with Crippen LogP contribution in [0.3, 0.4) is 0 Å². The molecule has 0 bridgehead atoms. The monoisotopic (exact) mass is 311 g/mol. The molecule has 0 aliphatic carbocycles. The van der Waals surface area contributed by atoms with Crippen LogP contribution in [0.25, 0.3) is 0 Å². The first kappa shape index (κ1) is 14.7. The van der Waals surface area contributed by atoms with E-state index >= 15 is 0 Å². The van der Waals surface area contributed by atoms with Gasteiger partial charge in [0.15, 0.2) is 0 Å². The number of carboxylic acids is 1. The predicted octanol–water partition coefficient (Wildman–Crippen LogP) is 2.79. The minimum Gasteiger partial charge on any atom is -0.477 e. The maximum atomic E-state index is 11.9. The Balaban J connectivity index is 1.83. The van der Waals surface area contributed by atoms with Gasteiger partial charge in [-0.1, -0.05) is 0 Å². The van der Waals surface area contributed by atoms with Crippen molar-refractivity contribution < 1.29 is 19.1 Å². The summed E-state index contributed by atoms with van der Waals surface area (Å²) < 4.78 is 5.18. The van der Waals surface area contributed by atoms with Crippen LogP contribution in [-0.2, 0) is 11.3 Å². The smallest absolute Gasteiger partial charge is 0.345 e. The molecule has 1 amide bonds. The Morgan fingerprint density at radius 1 is 1.50 bits per heavy atom. The molecule has 0 atom stereocenters. The highest BCUT2D eigenvalue weighted by molar-refractivity contribution is 8.00. The first-order valence-corrected chi connectivity index (χ1v) is 7.64. The van der Waals surface area contributed by atoms with Crippen LogP contribution in [0.4, 0.5) is 0 Å². The fourth-order valence-electron chi connectivity index (χ4n) is 1.49. The lowest BCUT2D eigenvalue weighted by Crippen LogP contribution is -2.27. The zero-order chi connectivity index (χ0) is 14.5. The zero-order valence-corrected chi connectivity index (χ0v) is 12.4. The van der Waals surface area contributed by atoms with Crippen molar-refractivity contribution in [2.24, 2.45) is 0 Å². The fourth-order valence-corrected chi connectivity index (χ4v) is 3.30. The van der Waals surface area contributed by atoms with Gasteiger partial charge in [0.2, 0.25) is 5.91 Å². The number of thiophene rings is 1. The Kier molecular flexibility index (Phi) is 4.86. The normalized spacial score (nSPS) is 10.4. The van der Waals surface area contributed by atoms with Gasteiger partial charge in [0.25, 0.3) is 0 Å². The van der Waals surface area contributed by atoms with Crippen LogP contribution in [-0.4, -0.2) is 34.7 Å². The molecule has 0 saturated heterocycles. The second kappa shape index (κ2) is 6.62. The van der Waals surface area contributed by atoms with Gasteiger partial charge in [0, 0.05) is 17.3 Å². The molecule has 1 N–H and O–H groups in total. The van der Waals surface area contributed by atoms with E-state index in [2.05, 4.69) is 0 Å². The summed E-state index contributed by atoms with van der Waals surface area (Å²) in [6, 6.07) is 5.17. The number of thioether (sulfide) groups is 1. The van der Waals surface area contributed by atoms with Crippen LogP contribution >= 0.6 is 23.1 Å². The SMILES string of the molecule is CN(Cc1ccco1)C(=O)CSc1csc(C(=O)O)c1. The topological polar surface area (TPSA) is 70.8 Å². The molecule has 0 spiro atoms. The van der Waals surface area contributed by atoms with E-state index in [1.54, 1.807) is 35.7 Å². The van der Waals surface area contributed by atoms with Gasteiger partial charge in [-0.05, 0) is 18.2 Å². The van der Waals surface area contributed by atoms with Gasteiger partial charge < -0.3 is 14.4 Å². The molecule has 0 aliphatic rings. The van der Waals surface area contributed by atoms with E-state index in [1.165, 1.54) is 11.8 Å². The minimum atomic E-state index is -0.942. The number of hydrogen-bond acceptors (Lipinski definition) is 5. The fraction of sp³-hybridized carbons (Fsp3) is 0.231. The third kappa shape index (κ3) is 3.88. The molecule has 2 aromatic heterocycles. The summed E-state index contributed by atoms with van der Waals surface area (Å²) >= 11 is 2.49. The Labute approximate surface area is 124 Å². The molecule has 2 heterocycles. The maximum Gasteiger partial charge on any atom is 0.345 e. The van der Waals surface area contributed by atoms with E-state index in [9.17, 15) is 9.59 Å². The summed E-state index contributed by atoms with van der Waals surface area (Å²) in [4.78, 5) is 25.3. The molecule has 0 radical (unpaired) electrons. The van der Waals surface area contributed by atoms with E-state index in [-0.39, 0.29) is 16.5 Å². The Morgan fingerprint density at radius 3 is 2.90 bits per heavy atom. The third-order valence-electron chi connectivity index (χ3n) is 2.55. The molecule has 5 nitrogen and oxygen atoms in total. The van der Waals surface area contributed by atoms with Crippen molar-refractivity contribution >= 4 is 35.0 Å². The van der Waals surface area contributed by atoms with Gasteiger partial charge in [-0.15, -0.1) is 23.1 Å². The Hall–Kier alpha value is -1.73. The number of carbonyl (C=O) groups is 2. The minimum absolute atomic E-state index is 0.0329. The van der Waals surface area contributed by atoms with E-state index < -0.39 is 5.97 Å². The van der Waals surface area contributed by atoms with Gasteiger partial charge in [0.05, 0.1) is 18.6 Å². The number of rotatable bonds is 6. The molecule has 0 aromatic carbocycles. The molecule has 0 unspecified atom stereocenters. The second-order valence-electron chi connectivity index (χ2n) is 4.07.